The molecule has 0 spiro atoms. The molecule has 202 valence electrons. The third kappa shape index (κ3) is 3.88. The fourth-order valence-corrected chi connectivity index (χ4v) is 6.17. The molecule has 43 heavy (non-hydrogen) atoms. The average molecular weight is 553 g/mol. The topological polar surface area (TPSA) is 36.3 Å². The molecule has 6 aromatic carbocycles. The van der Waals surface area contributed by atoms with Crippen LogP contribution in [0.2, 0.25) is 0 Å². The molecule has 0 saturated heterocycles. The Morgan fingerprint density at radius 1 is 0.419 bits per heavy atom. The van der Waals surface area contributed by atoms with E-state index in [9.17, 15) is 0 Å². The second-order valence-electron chi connectivity index (χ2n) is 10.8. The van der Waals surface area contributed by atoms with Crippen molar-refractivity contribution in [2.45, 2.75) is 0 Å². The van der Waals surface area contributed by atoms with Crippen LogP contribution in [0.4, 0.5) is 0 Å². The SMILES string of the molecule is c1ccc(-n2c3ccccc3c3cc(-c4cccc(-c5ccc6c(c5)Oc5cc7ccccc7cc5O6)n4)ccc32)cc1. The van der Waals surface area contributed by atoms with Crippen molar-refractivity contribution in [3.63, 3.8) is 0 Å². The third-order valence-corrected chi connectivity index (χ3v) is 8.22. The van der Waals surface area contributed by atoms with Gasteiger partial charge in [0.2, 0.25) is 0 Å². The highest BCUT2D eigenvalue weighted by Gasteiger charge is 2.21. The van der Waals surface area contributed by atoms with Crippen molar-refractivity contribution >= 4 is 32.6 Å². The smallest absolute Gasteiger partial charge is 0.170 e. The van der Waals surface area contributed by atoms with Crippen LogP contribution in [0, 0.1) is 0 Å². The molecule has 4 heteroatoms. The molecule has 1 aliphatic rings. The lowest BCUT2D eigenvalue weighted by Gasteiger charge is -2.21. The minimum atomic E-state index is 0.683. The first kappa shape index (κ1) is 23.8. The monoisotopic (exact) mass is 552 g/mol. The second-order valence-corrected chi connectivity index (χ2v) is 10.8. The zero-order valence-electron chi connectivity index (χ0n) is 23.1. The van der Waals surface area contributed by atoms with Gasteiger partial charge in [-0.25, -0.2) is 4.98 Å². The Bertz CT molecular complexity index is 2350. The normalized spacial score (nSPS) is 12.1. The molecule has 0 unspecified atom stereocenters. The lowest BCUT2D eigenvalue weighted by Crippen LogP contribution is -1.99. The van der Waals surface area contributed by atoms with Crippen LogP contribution in [0.15, 0.2) is 146 Å². The summed E-state index contributed by atoms with van der Waals surface area (Å²) in [6, 6.07) is 50.2. The molecule has 9 rings (SSSR count). The summed E-state index contributed by atoms with van der Waals surface area (Å²) in [5, 5.41) is 4.66. The van der Waals surface area contributed by atoms with Gasteiger partial charge in [0.05, 0.1) is 22.4 Å². The minimum absolute atomic E-state index is 0.683. The molecule has 0 amide bonds. The summed E-state index contributed by atoms with van der Waals surface area (Å²) in [6.07, 6.45) is 0. The first-order valence-corrected chi connectivity index (χ1v) is 14.4. The second kappa shape index (κ2) is 9.33. The molecule has 0 aliphatic carbocycles. The van der Waals surface area contributed by atoms with E-state index in [1.54, 1.807) is 0 Å². The van der Waals surface area contributed by atoms with Gasteiger partial charge in [-0.3, -0.25) is 0 Å². The summed E-state index contributed by atoms with van der Waals surface area (Å²) in [6.45, 7) is 0. The van der Waals surface area contributed by atoms with E-state index in [0.29, 0.717) is 17.2 Å². The van der Waals surface area contributed by atoms with Crippen molar-refractivity contribution in [1.82, 2.24) is 9.55 Å². The number of nitrogens with zero attached hydrogens (tertiary/aromatic N) is 2. The van der Waals surface area contributed by atoms with E-state index in [4.69, 9.17) is 14.5 Å². The number of hydrogen-bond acceptors (Lipinski definition) is 3. The lowest BCUT2D eigenvalue weighted by atomic mass is 10.0. The van der Waals surface area contributed by atoms with E-state index in [0.717, 1.165) is 44.7 Å². The van der Waals surface area contributed by atoms with Crippen LogP contribution in [0.25, 0.3) is 60.8 Å². The van der Waals surface area contributed by atoms with Crippen molar-refractivity contribution in [1.29, 1.82) is 0 Å². The van der Waals surface area contributed by atoms with Gasteiger partial charge in [-0.2, -0.15) is 0 Å². The van der Waals surface area contributed by atoms with E-state index in [-0.39, 0.29) is 0 Å². The van der Waals surface area contributed by atoms with Gasteiger partial charge in [0.25, 0.3) is 0 Å². The van der Waals surface area contributed by atoms with Gasteiger partial charge < -0.3 is 14.0 Å². The zero-order chi connectivity index (χ0) is 28.3. The first-order chi connectivity index (χ1) is 21.3. The Balaban J connectivity index is 1.10. The van der Waals surface area contributed by atoms with E-state index >= 15 is 0 Å². The Labute approximate surface area is 248 Å². The number of fused-ring (bicyclic) bond motifs is 6. The van der Waals surface area contributed by atoms with Gasteiger partial charge in [0.15, 0.2) is 23.0 Å². The first-order valence-electron chi connectivity index (χ1n) is 14.4. The van der Waals surface area contributed by atoms with Gasteiger partial charge in [-0.05, 0) is 83.6 Å². The van der Waals surface area contributed by atoms with Crippen molar-refractivity contribution in [2.75, 3.05) is 0 Å². The van der Waals surface area contributed by atoms with Gasteiger partial charge in [-0.1, -0.05) is 72.8 Å². The molecule has 3 heterocycles. The summed E-state index contributed by atoms with van der Waals surface area (Å²) < 4.78 is 14.9. The number of rotatable bonds is 3. The largest absolute Gasteiger partial charge is 0.449 e. The summed E-state index contributed by atoms with van der Waals surface area (Å²) in [5.74, 6) is 2.82. The molecule has 1 aliphatic heterocycles. The Morgan fingerprint density at radius 3 is 1.81 bits per heavy atom. The highest BCUT2D eigenvalue weighted by atomic mass is 16.6. The fourth-order valence-electron chi connectivity index (χ4n) is 6.17. The summed E-state index contributed by atoms with van der Waals surface area (Å²) in [7, 11) is 0. The molecule has 0 atom stereocenters. The molecule has 8 aromatic rings. The van der Waals surface area contributed by atoms with Crippen molar-refractivity contribution in [2.24, 2.45) is 0 Å². The van der Waals surface area contributed by atoms with Gasteiger partial charge >= 0.3 is 0 Å². The molecule has 0 radical (unpaired) electrons. The van der Waals surface area contributed by atoms with E-state index in [1.165, 1.54) is 21.8 Å². The minimum Gasteiger partial charge on any atom is -0.449 e. The van der Waals surface area contributed by atoms with E-state index in [1.807, 2.05) is 48.5 Å². The van der Waals surface area contributed by atoms with Gasteiger partial charge in [0.1, 0.15) is 0 Å². The quantitative estimate of drug-likeness (QED) is 0.219. The standard InChI is InChI=1S/C39H24N2O2/c1-2-11-29(12-3-1)41-34-16-7-6-13-30(34)31-21-27(17-19-35(31)41)32-14-8-15-33(40-32)28-18-20-36-37(24-28)43-39-23-26-10-5-4-9-25(26)22-38(39)42-36/h1-24H. The molecular weight excluding hydrogens is 528 g/mol. The highest BCUT2D eigenvalue weighted by molar-refractivity contribution is 6.10. The highest BCUT2D eigenvalue weighted by Crippen LogP contribution is 2.48. The van der Waals surface area contributed by atoms with Crippen molar-refractivity contribution < 1.29 is 9.47 Å². The van der Waals surface area contributed by atoms with Crippen LogP contribution >= 0.6 is 0 Å². The predicted molar refractivity (Wildman–Crippen MR) is 174 cm³/mol. The van der Waals surface area contributed by atoms with Crippen molar-refractivity contribution in [3.05, 3.63) is 146 Å². The predicted octanol–water partition coefficient (Wildman–Crippen LogP) is 10.6. The number of ether oxygens (including phenoxy) is 2. The number of para-hydroxylation sites is 2. The molecule has 0 saturated carbocycles. The van der Waals surface area contributed by atoms with E-state index < -0.39 is 0 Å². The van der Waals surface area contributed by atoms with Crippen molar-refractivity contribution in [3.8, 4) is 51.2 Å². The molecular formula is C39H24N2O2. The summed E-state index contributed by atoms with van der Waals surface area (Å²) >= 11 is 0. The van der Waals surface area contributed by atoms with Crippen LogP contribution in [0.3, 0.4) is 0 Å². The van der Waals surface area contributed by atoms with E-state index in [2.05, 4.69) is 102 Å². The number of benzene rings is 6. The lowest BCUT2D eigenvalue weighted by molar-refractivity contribution is 0.360. The fraction of sp³-hybridized carbons (Fsp3) is 0. The molecule has 4 nitrogen and oxygen atoms in total. The maximum absolute atomic E-state index is 6.34. The Kier molecular flexibility index (Phi) is 5.16. The Morgan fingerprint density at radius 2 is 1.02 bits per heavy atom. The number of hydrogen-bond donors (Lipinski definition) is 0. The molecule has 2 aromatic heterocycles. The molecule has 0 fully saturated rings. The van der Waals surface area contributed by atoms with Crippen LogP contribution in [-0.2, 0) is 0 Å². The Hall–Kier alpha value is -5.87. The maximum Gasteiger partial charge on any atom is 0.170 e. The molecule has 0 bridgehead atoms. The number of pyridine rings is 1. The molecule has 0 N–H and O–H groups in total. The summed E-state index contributed by atoms with van der Waals surface area (Å²) in [4.78, 5) is 5.10. The van der Waals surface area contributed by atoms with Crippen LogP contribution in [0.5, 0.6) is 23.0 Å². The summed E-state index contributed by atoms with van der Waals surface area (Å²) in [5.41, 5.74) is 7.35. The van der Waals surface area contributed by atoms with Gasteiger partial charge in [-0.15, -0.1) is 0 Å². The number of aromatic nitrogens is 2. The average Bonchev–Trinajstić information content (AvgIpc) is 3.40. The zero-order valence-corrected chi connectivity index (χ0v) is 23.1. The van der Waals surface area contributed by atoms with Crippen LogP contribution in [-0.4, -0.2) is 9.55 Å². The van der Waals surface area contributed by atoms with Crippen LogP contribution in [0.1, 0.15) is 0 Å². The van der Waals surface area contributed by atoms with Crippen LogP contribution < -0.4 is 9.47 Å². The maximum atomic E-state index is 6.34. The van der Waals surface area contributed by atoms with Gasteiger partial charge in [0, 0.05) is 27.6 Å². The third-order valence-electron chi connectivity index (χ3n) is 8.22.